The monoisotopic (exact) mass is 333 g/mol. The van der Waals surface area contributed by atoms with E-state index in [-0.39, 0.29) is 12.3 Å². The Labute approximate surface area is 131 Å². The third-order valence-corrected chi connectivity index (χ3v) is 3.14. The number of hydrogen-bond donors (Lipinski definition) is 2. The summed E-state index contributed by atoms with van der Waals surface area (Å²) in [5.41, 5.74) is -2.63. The van der Waals surface area contributed by atoms with Crippen LogP contribution in [0, 0.1) is 0 Å². The van der Waals surface area contributed by atoms with Crippen molar-refractivity contribution in [1.29, 1.82) is 0 Å². The Balaban J connectivity index is 2.86. The number of rotatable bonds is 6. The van der Waals surface area contributed by atoms with Gasteiger partial charge in [0.05, 0.1) is 13.0 Å². The number of esters is 1. The third kappa shape index (κ3) is 4.69. The Kier molecular flexibility index (Phi) is 6.14. The molecular formula is C15H18F3NO4. The maximum absolute atomic E-state index is 12.9. The fraction of sp³-hybridized carbons (Fsp3) is 0.467. The maximum atomic E-state index is 12.9. The topological polar surface area (TPSA) is 75.6 Å². The zero-order valence-electron chi connectivity index (χ0n) is 12.7. The lowest BCUT2D eigenvalue weighted by atomic mass is 9.98. The lowest BCUT2D eigenvalue weighted by Crippen LogP contribution is -2.54. The largest absolute Gasteiger partial charge is 0.464 e. The Bertz CT molecular complexity index is 557. The molecule has 0 aromatic heterocycles. The van der Waals surface area contributed by atoms with Gasteiger partial charge in [-0.05, 0) is 31.0 Å². The molecule has 0 aliphatic rings. The van der Waals surface area contributed by atoms with Gasteiger partial charge < -0.3 is 15.2 Å². The Morgan fingerprint density at radius 1 is 1.17 bits per heavy atom. The molecule has 0 heterocycles. The fourth-order valence-corrected chi connectivity index (χ4v) is 1.80. The molecule has 5 nitrogen and oxygen atoms in total. The molecule has 0 fully saturated rings. The zero-order chi connectivity index (χ0) is 17.7. The SMILES string of the molecule is CCOC(=O)C(O)(CC(=O)Nc1ccc(CC)cc1)C(F)(F)F. The highest BCUT2D eigenvalue weighted by molar-refractivity contribution is 5.96. The van der Waals surface area contributed by atoms with Gasteiger partial charge in [0.2, 0.25) is 5.91 Å². The summed E-state index contributed by atoms with van der Waals surface area (Å²) < 4.78 is 43.1. The first kappa shape index (κ1) is 19.0. The summed E-state index contributed by atoms with van der Waals surface area (Å²) in [5.74, 6) is -3.05. The summed E-state index contributed by atoms with van der Waals surface area (Å²) in [6.45, 7) is 2.87. The number of aliphatic hydroxyl groups is 1. The predicted octanol–water partition coefficient (Wildman–Crippen LogP) is 2.43. The second kappa shape index (κ2) is 7.45. The van der Waals surface area contributed by atoms with Gasteiger partial charge in [-0.2, -0.15) is 13.2 Å². The molecule has 1 amide bonds. The van der Waals surface area contributed by atoms with E-state index in [2.05, 4.69) is 10.1 Å². The predicted molar refractivity (Wildman–Crippen MR) is 76.7 cm³/mol. The van der Waals surface area contributed by atoms with Crippen LogP contribution in [0.4, 0.5) is 18.9 Å². The van der Waals surface area contributed by atoms with E-state index in [9.17, 15) is 27.9 Å². The molecule has 0 bridgehead atoms. The number of alkyl halides is 3. The van der Waals surface area contributed by atoms with Gasteiger partial charge in [0, 0.05) is 5.69 Å². The van der Waals surface area contributed by atoms with Crippen molar-refractivity contribution in [2.75, 3.05) is 11.9 Å². The van der Waals surface area contributed by atoms with Crippen molar-refractivity contribution in [3.8, 4) is 0 Å². The first-order valence-electron chi connectivity index (χ1n) is 6.99. The molecule has 0 saturated carbocycles. The normalized spacial score (nSPS) is 14.0. The average Bonchev–Trinajstić information content (AvgIpc) is 2.46. The summed E-state index contributed by atoms with van der Waals surface area (Å²) in [7, 11) is 0. The Morgan fingerprint density at radius 3 is 2.17 bits per heavy atom. The van der Waals surface area contributed by atoms with Gasteiger partial charge in [-0.25, -0.2) is 4.79 Å². The zero-order valence-corrected chi connectivity index (χ0v) is 12.7. The lowest BCUT2D eigenvalue weighted by molar-refractivity contribution is -0.262. The highest BCUT2D eigenvalue weighted by atomic mass is 19.4. The van der Waals surface area contributed by atoms with Crippen LogP contribution in [0.15, 0.2) is 24.3 Å². The molecule has 1 unspecified atom stereocenters. The van der Waals surface area contributed by atoms with Crippen LogP contribution in [0.2, 0.25) is 0 Å². The molecular weight excluding hydrogens is 315 g/mol. The van der Waals surface area contributed by atoms with Crippen molar-refractivity contribution >= 4 is 17.6 Å². The van der Waals surface area contributed by atoms with Crippen molar-refractivity contribution < 1.29 is 32.6 Å². The highest BCUT2D eigenvalue weighted by Gasteiger charge is 2.61. The van der Waals surface area contributed by atoms with Crippen molar-refractivity contribution in [3.05, 3.63) is 29.8 Å². The van der Waals surface area contributed by atoms with Crippen LogP contribution < -0.4 is 5.32 Å². The first-order chi connectivity index (χ1) is 10.6. The van der Waals surface area contributed by atoms with E-state index in [1.807, 2.05) is 6.92 Å². The van der Waals surface area contributed by atoms with E-state index in [1.165, 1.54) is 19.1 Å². The van der Waals surface area contributed by atoms with Crippen LogP contribution in [-0.2, 0) is 20.7 Å². The van der Waals surface area contributed by atoms with Crippen molar-refractivity contribution in [2.45, 2.75) is 38.5 Å². The van der Waals surface area contributed by atoms with Gasteiger partial charge in [-0.15, -0.1) is 0 Å². The highest BCUT2D eigenvalue weighted by Crippen LogP contribution is 2.34. The number of aryl methyl sites for hydroxylation is 1. The van der Waals surface area contributed by atoms with Gasteiger partial charge in [0.25, 0.3) is 5.60 Å². The minimum Gasteiger partial charge on any atom is -0.464 e. The van der Waals surface area contributed by atoms with Gasteiger partial charge in [0.15, 0.2) is 0 Å². The van der Waals surface area contributed by atoms with Crippen LogP contribution in [-0.4, -0.2) is 35.4 Å². The van der Waals surface area contributed by atoms with E-state index in [0.29, 0.717) is 0 Å². The molecule has 2 N–H and O–H groups in total. The van der Waals surface area contributed by atoms with Crippen LogP contribution in [0.1, 0.15) is 25.8 Å². The number of anilines is 1. The van der Waals surface area contributed by atoms with Gasteiger partial charge in [-0.3, -0.25) is 4.79 Å². The number of carbonyl (C=O) groups excluding carboxylic acids is 2. The Hall–Kier alpha value is -2.09. The standard InChI is InChI=1S/C15H18F3NO4/c1-3-10-5-7-11(8-6-10)19-12(20)9-14(22,15(16,17)18)13(21)23-4-2/h5-8,22H,3-4,9H2,1-2H3,(H,19,20). The van der Waals surface area contributed by atoms with Crippen molar-refractivity contribution in [1.82, 2.24) is 0 Å². The third-order valence-electron chi connectivity index (χ3n) is 3.14. The van der Waals surface area contributed by atoms with Crippen molar-refractivity contribution in [2.24, 2.45) is 0 Å². The van der Waals surface area contributed by atoms with Crippen LogP contribution in [0.5, 0.6) is 0 Å². The molecule has 0 aliphatic carbocycles. The molecule has 0 aliphatic heterocycles. The number of benzene rings is 1. The molecule has 1 rings (SSSR count). The molecule has 23 heavy (non-hydrogen) atoms. The number of halogens is 3. The summed E-state index contributed by atoms with van der Waals surface area (Å²) in [6.07, 6.45) is -6.04. The number of ether oxygens (including phenoxy) is 1. The molecule has 0 saturated heterocycles. The first-order valence-corrected chi connectivity index (χ1v) is 6.99. The van der Waals surface area contributed by atoms with E-state index in [0.717, 1.165) is 12.0 Å². The number of amides is 1. The average molecular weight is 333 g/mol. The van der Waals surface area contributed by atoms with E-state index in [1.54, 1.807) is 12.1 Å². The molecule has 1 aromatic carbocycles. The summed E-state index contributed by atoms with van der Waals surface area (Å²) >= 11 is 0. The van der Waals surface area contributed by atoms with E-state index >= 15 is 0 Å². The van der Waals surface area contributed by atoms with E-state index < -0.39 is 30.1 Å². The Morgan fingerprint density at radius 2 is 1.74 bits per heavy atom. The van der Waals surface area contributed by atoms with Crippen LogP contribution in [0.3, 0.4) is 0 Å². The molecule has 128 valence electrons. The maximum Gasteiger partial charge on any atom is 0.428 e. The molecule has 1 atom stereocenters. The van der Waals surface area contributed by atoms with Crippen LogP contribution in [0.25, 0.3) is 0 Å². The summed E-state index contributed by atoms with van der Waals surface area (Å²) in [4.78, 5) is 23.2. The molecule has 0 spiro atoms. The van der Waals surface area contributed by atoms with Gasteiger partial charge in [-0.1, -0.05) is 19.1 Å². The molecule has 8 heteroatoms. The smallest absolute Gasteiger partial charge is 0.428 e. The lowest BCUT2D eigenvalue weighted by Gasteiger charge is -2.27. The minimum atomic E-state index is -5.33. The summed E-state index contributed by atoms with van der Waals surface area (Å²) in [5, 5.41) is 11.8. The van der Waals surface area contributed by atoms with Gasteiger partial charge >= 0.3 is 12.1 Å². The fourth-order valence-electron chi connectivity index (χ4n) is 1.80. The van der Waals surface area contributed by atoms with Crippen LogP contribution >= 0.6 is 0 Å². The number of nitrogens with one attached hydrogen (secondary N) is 1. The quantitative estimate of drug-likeness (QED) is 0.784. The number of hydrogen-bond acceptors (Lipinski definition) is 4. The van der Waals surface area contributed by atoms with E-state index in [4.69, 9.17) is 0 Å². The molecule has 1 aromatic rings. The second-order valence-electron chi connectivity index (χ2n) is 4.85. The summed E-state index contributed by atoms with van der Waals surface area (Å²) in [6, 6.07) is 6.45. The van der Waals surface area contributed by atoms with Crippen molar-refractivity contribution in [3.63, 3.8) is 0 Å². The van der Waals surface area contributed by atoms with Gasteiger partial charge in [0.1, 0.15) is 0 Å². The second-order valence-corrected chi connectivity index (χ2v) is 4.85. The number of carbonyl (C=O) groups is 2. The molecule has 0 radical (unpaired) electrons. The minimum absolute atomic E-state index is 0.264.